The molecule has 8 unspecified atom stereocenters. The van der Waals surface area contributed by atoms with Crippen LogP contribution in [0.1, 0.15) is 181 Å². The third kappa shape index (κ3) is 25.7. The van der Waals surface area contributed by atoms with E-state index >= 15 is 0 Å². The Morgan fingerprint density at radius 3 is 1.64 bits per heavy atom. The van der Waals surface area contributed by atoms with Gasteiger partial charge < -0.3 is 40.3 Å². The number of ether oxygens (including phenoxy) is 2. The van der Waals surface area contributed by atoms with Gasteiger partial charge >= 0.3 is 10.4 Å². The molecule has 0 radical (unpaired) electrons. The molecule has 0 aromatic carbocycles. The van der Waals surface area contributed by atoms with Crippen molar-refractivity contribution in [3.8, 4) is 0 Å². The van der Waals surface area contributed by atoms with Crippen molar-refractivity contribution in [3.63, 3.8) is 0 Å². The van der Waals surface area contributed by atoms with Gasteiger partial charge in [0.05, 0.1) is 25.4 Å². The highest BCUT2D eigenvalue weighted by atomic mass is 32.3. The minimum atomic E-state index is -5.10. The summed E-state index contributed by atoms with van der Waals surface area (Å²) in [5.41, 5.74) is 0. The number of carbonyl (C=O) groups excluding carboxylic acids is 1. The molecule has 0 aliphatic carbocycles. The van der Waals surface area contributed by atoms with E-state index < -0.39 is 78.5 Å². The molecule has 55 heavy (non-hydrogen) atoms. The highest BCUT2D eigenvalue weighted by molar-refractivity contribution is 7.80. The SMILES string of the molecule is CCCCCCCCCCC/C=C\CCCCCCC(O)C(=O)NC(COC1OC(CO)C(O)C(OS(=O)(=O)O)C1O)C(O)CCCCCCCCCCC. The zero-order chi connectivity index (χ0) is 40.7. The van der Waals surface area contributed by atoms with Gasteiger partial charge in [0.2, 0.25) is 5.91 Å². The van der Waals surface area contributed by atoms with Gasteiger partial charge in [-0.1, -0.05) is 154 Å². The van der Waals surface area contributed by atoms with Gasteiger partial charge in [-0.25, -0.2) is 4.18 Å². The van der Waals surface area contributed by atoms with Gasteiger partial charge in [0.25, 0.3) is 0 Å². The average Bonchev–Trinajstić information content (AvgIpc) is 3.15. The molecular formula is C41H79NO12S. The van der Waals surface area contributed by atoms with Crippen molar-refractivity contribution in [2.45, 2.75) is 230 Å². The second-order valence-electron chi connectivity index (χ2n) is 15.4. The van der Waals surface area contributed by atoms with Crippen LogP contribution < -0.4 is 5.32 Å². The lowest BCUT2D eigenvalue weighted by Gasteiger charge is -2.41. The molecule has 0 aromatic rings. The van der Waals surface area contributed by atoms with Gasteiger partial charge in [0.15, 0.2) is 6.29 Å². The molecule has 0 saturated carbocycles. The van der Waals surface area contributed by atoms with E-state index in [4.69, 9.17) is 14.0 Å². The third-order valence-corrected chi connectivity index (χ3v) is 10.9. The van der Waals surface area contributed by atoms with E-state index in [9.17, 15) is 38.7 Å². The average molecular weight is 810 g/mol. The highest BCUT2D eigenvalue weighted by Crippen LogP contribution is 2.26. The zero-order valence-corrected chi connectivity index (χ0v) is 34.9. The van der Waals surface area contributed by atoms with Gasteiger partial charge in [-0.05, 0) is 38.5 Å². The Kier molecular flexibility index (Phi) is 30.8. The standard InChI is InChI=1S/C41H79NO12S/c1-3-5-7-9-11-13-14-15-16-17-18-19-20-22-24-26-28-30-35(45)40(48)42-33(34(44)29-27-25-23-21-12-10-8-6-4-2)32-52-41-38(47)39(54-55(49,50)51)37(46)36(31-43)53-41/h18-19,33-39,41,43-47H,3-17,20-32H2,1-2H3,(H,42,48)(H,49,50,51)/b19-18-. The van der Waals surface area contributed by atoms with Crippen molar-refractivity contribution in [2.75, 3.05) is 13.2 Å². The Morgan fingerprint density at radius 1 is 0.709 bits per heavy atom. The summed E-state index contributed by atoms with van der Waals surface area (Å²) in [4.78, 5) is 13.1. The quantitative estimate of drug-likeness (QED) is 0.0203. The first-order valence-electron chi connectivity index (χ1n) is 21.7. The minimum Gasteiger partial charge on any atom is -0.394 e. The van der Waals surface area contributed by atoms with Crippen LogP contribution in [0.2, 0.25) is 0 Å². The van der Waals surface area contributed by atoms with Crippen LogP contribution in [0.4, 0.5) is 0 Å². The summed E-state index contributed by atoms with van der Waals surface area (Å²) < 4.78 is 47.4. The van der Waals surface area contributed by atoms with Crippen LogP contribution in [-0.4, -0.2) is 107 Å². The molecule has 0 spiro atoms. The van der Waals surface area contributed by atoms with E-state index in [1.54, 1.807) is 0 Å². The molecule has 1 fully saturated rings. The number of amides is 1. The van der Waals surface area contributed by atoms with Crippen molar-refractivity contribution in [3.05, 3.63) is 12.2 Å². The van der Waals surface area contributed by atoms with E-state index in [1.165, 1.54) is 89.9 Å². The van der Waals surface area contributed by atoms with Crippen LogP contribution in [0.15, 0.2) is 12.2 Å². The number of allylic oxidation sites excluding steroid dienone is 2. The first-order valence-corrected chi connectivity index (χ1v) is 23.0. The summed E-state index contributed by atoms with van der Waals surface area (Å²) in [6.45, 7) is 3.22. The molecule has 7 N–H and O–H groups in total. The van der Waals surface area contributed by atoms with E-state index in [0.29, 0.717) is 19.3 Å². The molecule has 0 bridgehead atoms. The fourth-order valence-electron chi connectivity index (χ4n) is 6.93. The largest absolute Gasteiger partial charge is 0.397 e. The number of unbranched alkanes of at least 4 members (excludes halogenated alkanes) is 21. The summed E-state index contributed by atoms with van der Waals surface area (Å²) in [7, 11) is -5.10. The second kappa shape index (κ2) is 32.7. The van der Waals surface area contributed by atoms with Gasteiger partial charge in [0, 0.05) is 0 Å². The summed E-state index contributed by atoms with van der Waals surface area (Å²) >= 11 is 0. The smallest absolute Gasteiger partial charge is 0.394 e. The number of carbonyl (C=O) groups is 1. The van der Waals surface area contributed by atoms with E-state index in [1.807, 2.05) is 0 Å². The van der Waals surface area contributed by atoms with Crippen LogP contribution in [0.5, 0.6) is 0 Å². The Bertz CT molecular complexity index is 1060. The lowest BCUT2D eigenvalue weighted by Crippen LogP contribution is -2.61. The maximum Gasteiger partial charge on any atom is 0.397 e. The normalized spacial score (nSPS) is 22.2. The lowest BCUT2D eigenvalue weighted by molar-refractivity contribution is -0.298. The van der Waals surface area contributed by atoms with Crippen LogP contribution >= 0.6 is 0 Å². The number of aliphatic hydroxyl groups excluding tert-OH is 5. The first kappa shape index (κ1) is 51.8. The number of nitrogens with one attached hydrogen (secondary N) is 1. The Hall–Kier alpha value is -1.20. The van der Waals surface area contributed by atoms with Crippen LogP contribution in [-0.2, 0) is 28.9 Å². The molecule has 1 amide bonds. The number of hydrogen-bond acceptors (Lipinski definition) is 11. The lowest BCUT2D eigenvalue weighted by atomic mass is 9.99. The van der Waals surface area contributed by atoms with Crippen molar-refractivity contribution in [2.24, 2.45) is 0 Å². The molecule has 326 valence electrons. The second-order valence-corrected chi connectivity index (χ2v) is 16.5. The topological polar surface area (TPSA) is 212 Å². The Labute approximate surface area is 333 Å². The summed E-state index contributed by atoms with van der Waals surface area (Å²) in [5.74, 6) is -0.680. The summed E-state index contributed by atoms with van der Waals surface area (Å²) in [5, 5.41) is 55.1. The molecule has 1 aliphatic heterocycles. The Balaban J connectivity index is 2.56. The molecule has 1 rings (SSSR count). The first-order chi connectivity index (χ1) is 26.4. The number of aliphatic hydroxyl groups is 5. The fraction of sp³-hybridized carbons (Fsp3) is 0.927. The van der Waals surface area contributed by atoms with Crippen molar-refractivity contribution in [1.29, 1.82) is 0 Å². The molecule has 1 heterocycles. The molecule has 8 atom stereocenters. The van der Waals surface area contributed by atoms with Crippen LogP contribution in [0.25, 0.3) is 0 Å². The number of hydrogen-bond donors (Lipinski definition) is 7. The third-order valence-electron chi connectivity index (χ3n) is 10.4. The van der Waals surface area contributed by atoms with E-state index in [-0.39, 0.29) is 6.42 Å². The van der Waals surface area contributed by atoms with Crippen LogP contribution in [0, 0.1) is 0 Å². The summed E-state index contributed by atoms with van der Waals surface area (Å²) in [6.07, 6.45) is 21.3. The monoisotopic (exact) mass is 810 g/mol. The molecular weight excluding hydrogens is 731 g/mol. The molecule has 1 aliphatic rings. The zero-order valence-electron chi connectivity index (χ0n) is 34.1. The summed E-state index contributed by atoms with van der Waals surface area (Å²) in [6, 6.07) is -1.03. The molecule has 14 heteroatoms. The van der Waals surface area contributed by atoms with Gasteiger partial charge in [-0.2, -0.15) is 8.42 Å². The van der Waals surface area contributed by atoms with E-state index in [2.05, 4.69) is 35.5 Å². The predicted octanol–water partition coefficient (Wildman–Crippen LogP) is 6.58. The maximum absolute atomic E-state index is 13.1. The van der Waals surface area contributed by atoms with E-state index in [0.717, 1.165) is 51.4 Å². The van der Waals surface area contributed by atoms with Crippen molar-refractivity contribution < 1.29 is 57.0 Å². The fourth-order valence-corrected chi connectivity index (χ4v) is 7.44. The highest BCUT2D eigenvalue weighted by Gasteiger charge is 2.48. The minimum absolute atomic E-state index is 0.247. The molecule has 13 nitrogen and oxygen atoms in total. The van der Waals surface area contributed by atoms with Crippen molar-refractivity contribution in [1.82, 2.24) is 5.32 Å². The van der Waals surface area contributed by atoms with Crippen LogP contribution in [0.3, 0.4) is 0 Å². The number of rotatable bonds is 36. The van der Waals surface area contributed by atoms with Crippen molar-refractivity contribution >= 4 is 16.3 Å². The van der Waals surface area contributed by atoms with Gasteiger partial charge in [-0.15, -0.1) is 0 Å². The van der Waals surface area contributed by atoms with Gasteiger partial charge in [0.1, 0.15) is 30.5 Å². The molecule has 0 aromatic heterocycles. The van der Waals surface area contributed by atoms with Gasteiger partial charge in [-0.3, -0.25) is 9.35 Å². The Morgan fingerprint density at radius 2 is 1.16 bits per heavy atom. The molecule has 1 saturated heterocycles. The predicted molar refractivity (Wildman–Crippen MR) is 215 cm³/mol. The maximum atomic E-state index is 13.1.